The smallest absolute Gasteiger partial charge is 0.224 e. The van der Waals surface area contributed by atoms with Gasteiger partial charge in [-0.25, -0.2) is 4.98 Å². The van der Waals surface area contributed by atoms with Crippen LogP contribution in [0, 0.1) is 5.92 Å². The first-order chi connectivity index (χ1) is 11.7. The number of nitrogens with zero attached hydrogens (tertiary/aromatic N) is 1. The summed E-state index contributed by atoms with van der Waals surface area (Å²) < 4.78 is 5.83. The number of piperidine rings is 1. The van der Waals surface area contributed by atoms with Crippen LogP contribution in [0.2, 0.25) is 0 Å². The number of carbonyl (C=O) groups excluding carboxylic acids is 1. The molecule has 1 saturated carbocycles. The highest BCUT2D eigenvalue weighted by Gasteiger charge is 2.34. The maximum Gasteiger partial charge on any atom is 0.224 e. The minimum absolute atomic E-state index is 0.114. The summed E-state index contributed by atoms with van der Waals surface area (Å²) in [6.45, 7) is 0. The quantitative estimate of drug-likeness (QED) is 0.902. The number of anilines is 1. The molecule has 2 atom stereocenters. The predicted octanol–water partition coefficient (Wildman–Crippen LogP) is 3.56. The highest BCUT2D eigenvalue weighted by Crippen LogP contribution is 2.40. The zero-order chi connectivity index (χ0) is 16.1. The summed E-state index contributed by atoms with van der Waals surface area (Å²) >= 11 is 0. The lowest BCUT2D eigenvalue weighted by atomic mass is 9.89. The minimum Gasteiger partial charge on any atom is -0.440 e. The van der Waals surface area contributed by atoms with Crippen LogP contribution in [-0.2, 0) is 4.79 Å². The second-order valence-corrected chi connectivity index (χ2v) is 7.74. The third kappa shape index (κ3) is 2.81. The third-order valence-electron chi connectivity index (χ3n) is 5.66. The molecule has 5 heteroatoms. The van der Waals surface area contributed by atoms with E-state index >= 15 is 0 Å². The van der Waals surface area contributed by atoms with Gasteiger partial charge in [0.1, 0.15) is 5.52 Å². The molecule has 1 aliphatic carbocycles. The van der Waals surface area contributed by atoms with E-state index in [0.29, 0.717) is 30.3 Å². The summed E-state index contributed by atoms with van der Waals surface area (Å²) in [6.07, 6.45) is 7.79. The Morgan fingerprint density at radius 3 is 2.75 bits per heavy atom. The van der Waals surface area contributed by atoms with Gasteiger partial charge in [-0.3, -0.25) is 4.79 Å². The second kappa shape index (κ2) is 5.59. The first kappa shape index (κ1) is 14.5. The van der Waals surface area contributed by atoms with Crippen LogP contribution in [0.15, 0.2) is 22.6 Å². The number of carbonyl (C=O) groups is 1. The van der Waals surface area contributed by atoms with Crippen molar-refractivity contribution in [3.8, 4) is 0 Å². The van der Waals surface area contributed by atoms with Gasteiger partial charge >= 0.3 is 0 Å². The standard InChI is InChI=1S/C19H23N3O2/c23-18(9-11-7-13-3-4-14(8-11)20-13)21-15-5-6-16-17(10-15)24-19(22-16)12-1-2-12/h5-6,10-14,20H,1-4,7-9H2,(H,21,23). The predicted molar refractivity (Wildman–Crippen MR) is 91.9 cm³/mol. The number of rotatable bonds is 4. The van der Waals surface area contributed by atoms with Crippen LogP contribution in [0.3, 0.4) is 0 Å². The molecule has 2 unspecified atom stereocenters. The Kier molecular flexibility index (Phi) is 3.37. The Labute approximate surface area is 141 Å². The summed E-state index contributed by atoms with van der Waals surface area (Å²) in [5, 5.41) is 6.67. The fourth-order valence-corrected chi connectivity index (χ4v) is 4.34. The van der Waals surface area contributed by atoms with Crippen molar-refractivity contribution in [3.05, 3.63) is 24.1 Å². The van der Waals surface area contributed by atoms with Crippen LogP contribution in [0.1, 0.15) is 56.8 Å². The molecule has 3 aliphatic rings. The van der Waals surface area contributed by atoms with Crippen molar-refractivity contribution in [1.29, 1.82) is 0 Å². The van der Waals surface area contributed by atoms with Crippen molar-refractivity contribution in [2.45, 2.75) is 62.9 Å². The maximum atomic E-state index is 12.4. The molecular weight excluding hydrogens is 302 g/mol. The Balaban J connectivity index is 1.25. The number of aromatic nitrogens is 1. The Bertz CT molecular complexity index is 768. The van der Waals surface area contributed by atoms with E-state index in [4.69, 9.17) is 4.42 Å². The van der Waals surface area contributed by atoms with Gasteiger partial charge in [0.25, 0.3) is 0 Å². The highest BCUT2D eigenvalue weighted by molar-refractivity contribution is 5.92. The molecule has 126 valence electrons. The number of nitrogens with one attached hydrogen (secondary N) is 2. The summed E-state index contributed by atoms with van der Waals surface area (Å²) in [5.74, 6) is 1.98. The van der Waals surface area contributed by atoms with E-state index in [1.165, 1.54) is 25.7 Å². The fourth-order valence-electron chi connectivity index (χ4n) is 4.34. The molecule has 3 fully saturated rings. The van der Waals surface area contributed by atoms with E-state index in [2.05, 4.69) is 15.6 Å². The molecule has 24 heavy (non-hydrogen) atoms. The number of hydrogen-bond acceptors (Lipinski definition) is 4. The van der Waals surface area contributed by atoms with E-state index < -0.39 is 0 Å². The van der Waals surface area contributed by atoms with Gasteiger partial charge in [0.05, 0.1) is 0 Å². The number of oxazole rings is 1. The van der Waals surface area contributed by atoms with Crippen LogP contribution in [0.4, 0.5) is 5.69 Å². The number of benzene rings is 1. The van der Waals surface area contributed by atoms with Gasteiger partial charge < -0.3 is 15.1 Å². The van der Waals surface area contributed by atoms with Crippen LogP contribution < -0.4 is 10.6 Å². The first-order valence-electron chi connectivity index (χ1n) is 9.19. The summed E-state index contributed by atoms with van der Waals surface area (Å²) in [6, 6.07) is 7.02. The maximum absolute atomic E-state index is 12.4. The lowest BCUT2D eigenvalue weighted by Gasteiger charge is -2.28. The van der Waals surface area contributed by atoms with Gasteiger partial charge in [-0.15, -0.1) is 0 Å². The SMILES string of the molecule is O=C(CC1CC2CCC(C1)N2)Nc1ccc2nc(C3CC3)oc2c1. The van der Waals surface area contributed by atoms with Crippen LogP contribution >= 0.6 is 0 Å². The van der Waals surface area contributed by atoms with Crippen molar-refractivity contribution >= 4 is 22.7 Å². The van der Waals surface area contributed by atoms with Gasteiger partial charge in [-0.1, -0.05) is 0 Å². The van der Waals surface area contributed by atoms with Crippen LogP contribution in [0.5, 0.6) is 0 Å². The first-order valence-corrected chi connectivity index (χ1v) is 9.19. The van der Waals surface area contributed by atoms with Gasteiger partial charge in [0.2, 0.25) is 5.91 Å². The van der Waals surface area contributed by atoms with Crippen molar-refractivity contribution < 1.29 is 9.21 Å². The zero-order valence-corrected chi connectivity index (χ0v) is 13.8. The molecule has 2 N–H and O–H groups in total. The van der Waals surface area contributed by atoms with E-state index in [0.717, 1.165) is 35.5 Å². The van der Waals surface area contributed by atoms with Gasteiger partial charge in [-0.2, -0.15) is 0 Å². The Hall–Kier alpha value is -1.88. The van der Waals surface area contributed by atoms with E-state index in [9.17, 15) is 4.79 Å². The molecule has 0 radical (unpaired) electrons. The third-order valence-corrected chi connectivity index (χ3v) is 5.66. The fraction of sp³-hybridized carbons (Fsp3) is 0.579. The number of hydrogen-bond donors (Lipinski definition) is 2. The van der Waals surface area contributed by atoms with Gasteiger partial charge in [-0.05, 0) is 56.6 Å². The molecule has 5 rings (SSSR count). The molecule has 1 aromatic heterocycles. The van der Waals surface area contributed by atoms with Crippen molar-refractivity contribution in [3.63, 3.8) is 0 Å². The monoisotopic (exact) mass is 325 g/mol. The molecule has 0 spiro atoms. The topological polar surface area (TPSA) is 67.2 Å². The van der Waals surface area contributed by atoms with Gasteiger partial charge in [0, 0.05) is 36.2 Å². The molecule has 2 aromatic rings. The number of fused-ring (bicyclic) bond motifs is 3. The largest absolute Gasteiger partial charge is 0.440 e. The average molecular weight is 325 g/mol. The van der Waals surface area contributed by atoms with E-state index in [1.54, 1.807) is 0 Å². The van der Waals surface area contributed by atoms with E-state index in [-0.39, 0.29) is 5.91 Å². The molecular formula is C19H23N3O2. The Morgan fingerprint density at radius 1 is 1.21 bits per heavy atom. The van der Waals surface area contributed by atoms with E-state index in [1.807, 2.05) is 18.2 Å². The van der Waals surface area contributed by atoms with Crippen molar-refractivity contribution in [1.82, 2.24) is 10.3 Å². The molecule has 3 heterocycles. The molecule has 1 amide bonds. The minimum atomic E-state index is 0.114. The molecule has 2 bridgehead atoms. The molecule has 1 aromatic carbocycles. The molecule has 2 saturated heterocycles. The highest BCUT2D eigenvalue weighted by atomic mass is 16.3. The summed E-state index contributed by atoms with van der Waals surface area (Å²) in [4.78, 5) is 16.9. The van der Waals surface area contributed by atoms with Crippen molar-refractivity contribution in [2.75, 3.05) is 5.32 Å². The van der Waals surface area contributed by atoms with Crippen molar-refractivity contribution in [2.24, 2.45) is 5.92 Å². The average Bonchev–Trinajstić information content (AvgIpc) is 3.24. The van der Waals surface area contributed by atoms with Crippen LogP contribution in [-0.4, -0.2) is 23.0 Å². The lowest BCUT2D eigenvalue weighted by molar-refractivity contribution is -0.117. The molecule has 5 nitrogen and oxygen atoms in total. The van der Waals surface area contributed by atoms with Gasteiger partial charge in [0.15, 0.2) is 11.5 Å². The lowest BCUT2D eigenvalue weighted by Crippen LogP contribution is -2.39. The Morgan fingerprint density at radius 2 is 2.00 bits per heavy atom. The zero-order valence-electron chi connectivity index (χ0n) is 13.8. The normalized spacial score (nSPS) is 29.1. The second-order valence-electron chi connectivity index (χ2n) is 7.74. The molecule has 2 aliphatic heterocycles. The number of amides is 1. The summed E-state index contributed by atoms with van der Waals surface area (Å²) in [7, 11) is 0. The van der Waals surface area contributed by atoms with Crippen LogP contribution in [0.25, 0.3) is 11.1 Å². The summed E-state index contributed by atoms with van der Waals surface area (Å²) in [5.41, 5.74) is 2.46.